The summed E-state index contributed by atoms with van der Waals surface area (Å²) in [6.45, 7) is 5.05. The van der Waals surface area contributed by atoms with Crippen molar-refractivity contribution in [3.05, 3.63) is 63.9 Å². The summed E-state index contributed by atoms with van der Waals surface area (Å²) in [4.78, 5) is 3.28. The molecule has 3 rings (SSSR count). The molecule has 0 fully saturated rings. The Hall–Kier alpha value is -1.87. The van der Waals surface area contributed by atoms with Crippen LogP contribution in [0.15, 0.2) is 42.5 Å². The van der Waals surface area contributed by atoms with Crippen molar-refractivity contribution >= 4 is 23.3 Å². The molecule has 0 aliphatic heterocycles. The van der Waals surface area contributed by atoms with Crippen LogP contribution in [0.25, 0.3) is 11.0 Å². The van der Waals surface area contributed by atoms with Crippen molar-refractivity contribution in [2.45, 2.75) is 20.4 Å². The Morgan fingerprint density at radius 3 is 2.68 bits per heavy atom. The summed E-state index contributed by atoms with van der Waals surface area (Å²) >= 11 is 5.45. The molecule has 0 saturated heterocycles. The Morgan fingerprint density at radius 1 is 1.11 bits per heavy atom. The van der Waals surface area contributed by atoms with E-state index in [0.717, 1.165) is 16.8 Å². The van der Waals surface area contributed by atoms with Crippen molar-refractivity contribution in [2.24, 2.45) is 0 Å². The van der Waals surface area contributed by atoms with Crippen molar-refractivity contribution in [1.29, 1.82) is 0 Å². The Morgan fingerprint density at radius 2 is 1.89 bits per heavy atom. The molecule has 0 bridgehead atoms. The van der Waals surface area contributed by atoms with Gasteiger partial charge < -0.3 is 9.55 Å². The highest BCUT2D eigenvalue weighted by molar-refractivity contribution is 7.71. The minimum Gasteiger partial charge on any atom is -0.331 e. The third-order valence-electron chi connectivity index (χ3n) is 3.42. The molecule has 3 heteroatoms. The van der Waals surface area contributed by atoms with Crippen LogP contribution >= 0.6 is 12.2 Å². The lowest BCUT2D eigenvalue weighted by Gasteiger charge is -2.07. The number of aryl methyl sites for hydroxylation is 2. The number of rotatable bonds is 2. The molecule has 3 aromatic rings. The zero-order valence-corrected chi connectivity index (χ0v) is 11.9. The molecule has 0 atom stereocenters. The van der Waals surface area contributed by atoms with Crippen molar-refractivity contribution in [1.82, 2.24) is 9.55 Å². The summed E-state index contributed by atoms with van der Waals surface area (Å²) in [6, 6.07) is 14.8. The summed E-state index contributed by atoms with van der Waals surface area (Å²) in [5.41, 5.74) is 6.12. The average Bonchev–Trinajstić information content (AvgIpc) is 2.67. The first kappa shape index (κ1) is 12.2. The highest BCUT2D eigenvalue weighted by atomic mass is 32.1. The van der Waals surface area contributed by atoms with Gasteiger partial charge in [0, 0.05) is 0 Å². The van der Waals surface area contributed by atoms with Crippen molar-refractivity contribution in [3.8, 4) is 0 Å². The number of imidazole rings is 1. The highest BCUT2D eigenvalue weighted by Crippen LogP contribution is 2.19. The van der Waals surface area contributed by atoms with E-state index in [1.807, 2.05) is 0 Å². The van der Waals surface area contributed by atoms with Crippen LogP contribution in [0.1, 0.15) is 16.7 Å². The predicted molar refractivity (Wildman–Crippen MR) is 82.1 cm³/mol. The fraction of sp³-hybridized carbons (Fsp3) is 0.188. The SMILES string of the molecule is Cc1cccc(Cn2c(=S)[nH]c3cccc(C)c32)c1. The van der Waals surface area contributed by atoms with Gasteiger partial charge in [-0.1, -0.05) is 42.0 Å². The fourth-order valence-electron chi connectivity index (χ4n) is 2.55. The number of benzene rings is 2. The maximum atomic E-state index is 5.45. The van der Waals surface area contributed by atoms with E-state index >= 15 is 0 Å². The number of hydrogen-bond acceptors (Lipinski definition) is 1. The number of para-hydroxylation sites is 1. The van der Waals surface area contributed by atoms with E-state index in [1.165, 1.54) is 22.2 Å². The second kappa shape index (κ2) is 4.67. The third-order valence-corrected chi connectivity index (χ3v) is 3.74. The van der Waals surface area contributed by atoms with Gasteiger partial charge in [0.25, 0.3) is 0 Å². The van der Waals surface area contributed by atoms with Gasteiger partial charge in [0.1, 0.15) is 0 Å². The number of aromatic amines is 1. The monoisotopic (exact) mass is 268 g/mol. The summed E-state index contributed by atoms with van der Waals surface area (Å²) in [7, 11) is 0. The Labute approximate surface area is 117 Å². The van der Waals surface area contributed by atoms with Crippen LogP contribution in [-0.4, -0.2) is 9.55 Å². The lowest BCUT2D eigenvalue weighted by Crippen LogP contribution is -2.00. The molecule has 19 heavy (non-hydrogen) atoms. The van der Waals surface area contributed by atoms with Gasteiger partial charge in [-0.3, -0.25) is 0 Å². The van der Waals surface area contributed by atoms with Gasteiger partial charge in [0.15, 0.2) is 4.77 Å². The lowest BCUT2D eigenvalue weighted by atomic mass is 10.1. The van der Waals surface area contributed by atoms with Gasteiger partial charge in [0.05, 0.1) is 17.6 Å². The van der Waals surface area contributed by atoms with E-state index in [9.17, 15) is 0 Å². The van der Waals surface area contributed by atoms with Crippen LogP contribution in [-0.2, 0) is 6.54 Å². The highest BCUT2D eigenvalue weighted by Gasteiger charge is 2.07. The summed E-state index contributed by atoms with van der Waals surface area (Å²) in [5, 5.41) is 0. The molecule has 0 saturated carbocycles. The Balaban J connectivity index is 2.15. The van der Waals surface area contributed by atoms with Crippen molar-refractivity contribution in [3.63, 3.8) is 0 Å². The number of nitrogens with one attached hydrogen (secondary N) is 1. The van der Waals surface area contributed by atoms with Crippen LogP contribution < -0.4 is 0 Å². The van der Waals surface area contributed by atoms with E-state index in [4.69, 9.17) is 12.2 Å². The molecule has 2 aromatic carbocycles. The molecule has 1 aromatic heterocycles. The van der Waals surface area contributed by atoms with E-state index < -0.39 is 0 Å². The van der Waals surface area contributed by atoms with Gasteiger partial charge in [-0.15, -0.1) is 0 Å². The minimum absolute atomic E-state index is 0.783. The maximum absolute atomic E-state index is 5.45. The van der Waals surface area contributed by atoms with Gasteiger partial charge >= 0.3 is 0 Å². The molecule has 96 valence electrons. The lowest BCUT2D eigenvalue weighted by molar-refractivity contribution is 0.807. The molecule has 1 N–H and O–H groups in total. The van der Waals surface area contributed by atoms with Crippen molar-refractivity contribution < 1.29 is 0 Å². The normalized spacial score (nSPS) is 11.1. The molecule has 0 aliphatic carbocycles. The molecule has 0 unspecified atom stereocenters. The third kappa shape index (κ3) is 2.22. The minimum atomic E-state index is 0.783. The molecule has 1 heterocycles. The van der Waals surface area contributed by atoms with Gasteiger partial charge in [-0.25, -0.2) is 0 Å². The van der Waals surface area contributed by atoms with Gasteiger partial charge in [-0.05, 0) is 43.3 Å². The zero-order chi connectivity index (χ0) is 13.4. The van der Waals surface area contributed by atoms with Crippen molar-refractivity contribution in [2.75, 3.05) is 0 Å². The summed E-state index contributed by atoms with van der Waals surface area (Å²) < 4.78 is 2.96. The van der Waals surface area contributed by atoms with Crippen LogP contribution in [0.3, 0.4) is 0 Å². The standard InChI is InChI=1S/C16H16N2S/c1-11-5-3-7-13(9-11)10-18-15-12(2)6-4-8-14(15)17-16(18)19/h3-9H,10H2,1-2H3,(H,17,19). The predicted octanol–water partition coefficient (Wildman–Crippen LogP) is 4.36. The quantitative estimate of drug-likeness (QED) is 0.685. The smallest absolute Gasteiger partial charge is 0.178 e. The zero-order valence-electron chi connectivity index (χ0n) is 11.1. The van der Waals surface area contributed by atoms with E-state index in [-0.39, 0.29) is 0 Å². The number of nitrogens with zero attached hydrogens (tertiary/aromatic N) is 1. The van der Waals surface area contributed by atoms with E-state index in [1.54, 1.807) is 0 Å². The summed E-state index contributed by atoms with van der Waals surface area (Å²) in [6.07, 6.45) is 0. The van der Waals surface area contributed by atoms with E-state index in [2.05, 4.69) is 65.9 Å². The van der Waals surface area contributed by atoms with Crippen LogP contribution in [0.4, 0.5) is 0 Å². The second-order valence-electron chi connectivity index (χ2n) is 4.98. The first-order valence-corrected chi connectivity index (χ1v) is 6.79. The van der Waals surface area contributed by atoms with E-state index in [0.29, 0.717) is 0 Å². The van der Waals surface area contributed by atoms with Crippen LogP contribution in [0.5, 0.6) is 0 Å². The molecular formula is C16H16N2S. The number of fused-ring (bicyclic) bond motifs is 1. The Bertz CT molecular complexity index is 796. The first-order chi connectivity index (χ1) is 9.15. The second-order valence-corrected chi connectivity index (χ2v) is 5.36. The number of hydrogen-bond donors (Lipinski definition) is 1. The topological polar surface area (TPSA) is 20.7 Å². The molecule has 0 aliphatic rings. The molecule has 0 amide bonds. The molecule has 0 radical (unpaired) electrons. The molecule has 2 nitrogen and oxygen atoms in total. The number of H-pyrrole nitrogens is 1. The summed E-state index contributed by atoms with van der Waals surface area (Å²) in [5.74, 6) is 0. The molecule has 0 spiro atoms. The number of aromatic nitrogens is 2. The van der Waals surface area contributed by atoms with Gasteiger partial charge in [-0.2, -0.15) is 0 Å². The Kier molecular flexibility index (Phi) is 2.99. The maximum Gasteiger partial charge on any atom is 0.178 e. The first-order valence-electron chi connectivity index (χ1n) is 6.39. The van der Waals surface area contributed by atoms with Crippen LogP contribution in [0, 0.1) is 18.6 Å². The average molecular weight is 268 g/mol. The van der Waals surface area contributed by atoms with Gasteiger partial charge in [0.2, 0.25) is 0 Å². The fourth-order valence-corrected chi connectivity index (χ4v) is 2.81. The largest absolute Gasteiger partial charge is 0.331 e. The van der Waals surface area contributed by atoms with Crippen LogP contribution in [0.2, 0.25) is 0 Å². The molecular weight excluding hydrogens is 252 g/mol.